The Morgan fingerprint density at radius 1 is 1.39 bits per heavy atom. The molecule has 18 heavy (non-hydrogen) atoms. The van der Waals surface area contributed by atoms with Crippen LogP contribution in [0, 0.1) is 0 Å². The van der Waals surface area contributed by atoms with Gasteiger partial charge in [-0.15, -0.1) is 0 Å². The van der Waals surface area contributed by atoms with Gasteiger partial charge < -0.3 is 10.1 Å². The molecule has 0 aliphatic rings. The van der Waals surface area contributed by atoms with Gasteiger partial charge in [-0.1, -0.05) is 13.8 Å². The van der Waals surface area contributed by atoms with E-state index < -0.39 is 0 Å². The first-order valence-corrected chi connectivity index (χ1v) is 6.88. The molecule has 1 N–H and O–H groups in total. The number of nitrogens with one attached hydrogen (secondary N) is 1. The Balaban J connectivity index is 2.55. The minimum atomic E-state index is 0.309. The molecule has 0 saturated carbocycles. The van der Waals surface area contributed by atoms with E-state index in [9.17, 15) is 0 Å². The smallest absolute Gasteiger partial charge is 0.138 e. The average Bonchev–Trinajstić information content (AvgIpc) is 2.78. The van der Waals surface area contributed by atoms with Crippen LogP contribution in [0.2, 0.25) is 0 Å². The molecule has 1 rings (SSSR count). The molecule has 5 heteroatoms. The number of rotatable bonds is 9. The lowest BCUT2D eigenvalue weighted by molar-refractivity contribution is 0.111. The summed E-state index contributed by atoms with van der Waals surface area (Å²) in [5.74, 6) is 1.02. The summed E-state index contributed by atoms with van der Waals surface area (Å²) in [6.45, 7) is 11.0. The van der Waals surface area contributed by atoms with E-state index in [1.807, 2.05) is 4.68 Å². The molecule has 1 aromatic rings. The minimum absolute atomic E-state index is 0.309. The lowest BCUT2D eigenvalue weighted by Crippen LogP contribution is -2.36. The van der Waals surface area contributed by atoms with Gasteiger partial charge in [-0.05, 0) is 26.8 Å². The molecular weight excluding hydrogens is 228 g/mol. The molecule has 5 nitrogen and oxygen atoms in total. The highest BCUT2D eigenvalue weighted by Gasteiger charge is 2.14. The molecular formula is C13H26N4O. The van der Waals surface area contributed by atoms with Crippen molar-refractivity contribution in [2.75, 3.05) is 19.8 Å². The maximum Gasteiger partial charge on any atom is 0.138 e. The summed E-state index contributed by atoms with van der Waals surface area (Å²) in [5.41, 5.74) is 0. The quantitative estimate of drug-likeness (QED) is 0.683. The molecule has 0 spiro atoms. The zero-order valence-electron chi connectivity index (χ0n) is 12.0. The first-order chi connectivity index (χ1) is 8.69. The second-order valence-corrected chi connectivity index (χ2v) is 4.75. The highest BCUT2D eigenvalue weighted by molar-refractivity contribution is 4.91. The van der Waals surface area contributed by atoms with Crippen LogP contribution in [0.5, 0.6) is 0 Å². The third kappa shape index (κ3) is 4.74. The summed E-state index contributed by atoms with van der Waals surface area (Å²) in [4.78, 5) is 4.34. The van der Waals surface area contributed by atoms with Crippen LogP contribution in [-0.4, -0.2) is 40.6 Å². The second-order valence-electron chi connectivity index (χ2n) is 4.75. The van der Waals surface area contributed by atoms with Crippen molar-refractivity contribution in [3.63, 3.8) is 0 Å². The first-order valence-electron chi connectivity index (χ1n) is 6.88. The summed E-state index contributed by atoms with van der Waals surface area (Å²) in [7, 11) is 0. The lowest BCUT2D eigenvalue weighted by Gasteiger charge is -2.18. The lowest BCUT2D eigenvalue weighted by atomic mass is 10.2. The van der Waals surface area contributed by atoms with Crippen LogP contribution in [0.4, 0.5) is 0 Å². The molecule has 0 saturated heterocycles. The fourth-order valence-electron chi connectivity index (χ4n) is 1.92. The van der Waals surface area contributed by atoms with Crippen LogP contribution in [0.3, 0.4) is 0 Å². The zero-order valence-corrected chi connectivity index (χ0v) is 12.0. The normalized spacial score (nSPS) is 13.2. The molecule has 0 aliphatic carbocycles. The van der Waals surface area contributed by atoms with Crippen molar-refractivity contribution in [1.82, 2.24) is 20.1 Å². The van der Waals surface area contributed by atoms with Crippen molar-refractivity contribution in [2.24, 2.45) is 0 Å². The van der Waals surface area contributed by atoms with E-state index >= 15 is 0 Å². The topological polar surface area (TPSA) is 52.0 Å². The van der Waals surface area contributed by atoms with Crippen LogP contribution < -0.4 is 5.32 Å². The summed E-state index contributed by atoms with van der Waals surface area (Å²) >= 11 is 0. The molecule has 1 unspecified atom stereocenters. The number of ether oxygens (including phenoxy) is 1. The van der Waals surface area contributed by atoms with Crippen molar-refractivity contribution in [3.8, 4) is 0 Å². The van der Waals surface area contributed by atoms with Gasteiger partial charge in [-0.2, -0.15) is 5.10 Å². The summed E-state index contributed by atoms with van der Waals surface area (Å²) in [6.07, 6.45) is 3.54. The monoisotopic (exact) mass is 254 g/mol. The van der Waals surface area contributed by atoms with Gasteiger partial charge in [-0.25, -0.2) is 9.67 Å². The van der Waals surface area contributed by atoms with Crippen molar-refractivity contribution in [2.45, 2.75) is 52.6 Å². The second kappa shape index (κ2) is 8.21. The molecule has 0 aromatic carbocycles. The predicted octanol–water partition coefficient (Wildman–Crippen LogP) is 1.81. The highest BCUT2D eigenvalue weighted by atomic mass is 16.5. The number of hydrogen-bond donors (Lipinski definition) is 1. The van der Waals surface area contributed by atoms with E-state index in [-0.39, 0.29) is 0 Å². The van der Waals surface area contributed by atoms with Crippen molar-refractivity contribution in [1.29, 1.82) is 0 Å². The van der Waals surface area contributed by atoms with Crippen molar-refractivity contribution < 1.29 is 4.74 Å². The van der Waals surface area contributed by atoms with Gasteiger partial charge >= 0.3 is 0 Å². The van der Waals surface area contributed by atoms with Gasteiger partial charge in [0, 0.05) is 25.1 Å². The Hall–Kier alpha value is -0.940. The number of aromatic nitrogens is 3. The molecule has 1 heterocycles. The molecule has 0 bridgehead atoms. The number of hydrogen-bond acceptors (Lipinski definition) is 4. The fourth-order valence-corrected chi connectivity index (χ4v) is 1.92. The molecule has 0 amide bonds. The first kappa shape index (κ1) is 15.1. The van der Waals surface area contributed by atoms with E-state index in [0.29, 0.717) is 12.1 Å². The van der Waals surface area contributed by atoms with Gasteiger partial charge in [0.05, 0.1) is 6.61 Å². The maximum absolute atomic E-state index is 5.63. The molecule has 1 aromatic heterocycles. The summed E-state index contributed by atoms with van der Waals surface area (Å²) < 4.78 is 7.60. The van der Waals surface area contributed by atoms with Crippen molar-refractivity contribution >= 4 is 0 Å². The summed E-state index contributed by atoms with van der Waals surface area (Å²) in [6, 6.07) is 0.657. The van der Waals surface area contributed by atoms with E-state index in [0.717, 1.165) is 38.4 Å². The standard InChI is InChI=1S/C13H26N4O/c1-5-7-18-9-12(14-6-2)8-13-15-10-16-17(13)11(3)4/h10-12,14H,5-9H2,1-4H3. The van der Waals surface area contributed by atoms with E-state index in [2.05, 4.69) is 43.1 Å². The van der Waals surface area contributed by atoms with Gasteiger partial charge in [0.15, 0.2) is 0 Å². The van der Waals surface area contributed by atoms with Gasteiger partial charge in [0.1, 0.15) is 12.2 Å². The molecule has 0 radical (unpaired) electrons. The predicted molar refractivity (Wildman–Crippen MR) is 72.7 cm³/mol. The maximum atomic E-state index is 5.63. The Bertz CT molecular complexity index is 325. The largest absolute Gasteiger partial charge is 0.380 e. The van der Waals surface area contributed by atoms with Gasteiger partial charge in [-0.3, -0.25) is 0 Å². The van der Waals surface area contributed by atoms with E-state index in [1.165, 1.54) is 0 Å². The van der Waals surface area contributed by atoms with E-state index in [1.54, 1.807) is 6.33 Å². The minimum Gasteiger partial charge on any atom is -0.380 e. The SMILES string of the molecule is CCCOCC(Cc1ncnn1C(C)C)NCC. The number of likely N-dealkylation sites (N-methyl/N-ethyl adjacent to an activating group) is 1. The molecule has 0 aliphatic heterocycles. The van der Waals surface area contributed by atoms with Gasteiger partial charge in [0.25, 0.3) is 0 Å². The van der Waals surface area contributed by atoms with Crippen LogP contribution in [-0.2, 0) is 11.2 Å². The Morgan fingerprint density at radius 2 is 2.17 bits per heavy atom. The molecule has 0 fully saturated rings. The third-order valence-corrected chi connectivity index (χ3v) is 2.73. The average molecular weight is 254 g/mol. The Labute approximate surface area is 110 Å². The van der Waals surface area contributed by atoms with Crippen molar-refractivity contribution in [3.05, 3.63) is 12.2 Å². The molecule has 104 valence electrons. The van der Waals surface area contributed by atoms with Gasteiger partial charge in [0.2, 0.25) is 0 Å². The number of nitrogens with zero attached hydrogens (tertiary/aromatic N) is 3. The summed E-state index contributed by atoms with van der Waals surface area (Å²) in [5, 5.41) is 7.70. The van der Waals surface area contributed by atoms with E-state index in [4.69, 9.17) is 4.74 Å². The van der Waals surface area contributed by atoms with Crippen LogP contribution in [0.15, 0.2) is 6.33 Å². The van der Waals surface area contributed by atoms with Crippen LogP contribution in [0.25, 0.3) is 0 Å². The van der Waals surface area contributed by atoms with Crippen LogP contribution >= 0.6 is 0 Å². The third-order valence-electron chi connectivity index (χ3n) is 2.73. The Morgan fingerprint density at radius 3 is 2.78 bits per heavy atom. The Kier molecular flexibility index (Phi) is 6.90. The fraction of sp³-hybridized carbons (Fsp3) is 0.846. The molecule has 1 atom stereocenters. The highest BCUT2D eigenvalue weighted by Crippen LogP contribution is 2.07. The van der Waals surface area contributed by atoms with Crippen LogP contribution in [0.1, 0.15) is 46.0 Å². The zero-order chi connectivity index (χ0) is 13.4.